The number of tetrazole rings is 1. The lowest BCUT2D eigenvalue weighted by Crippen LogP contribution is -2.00. The maximum absolute atomic E-state index is 6.19. The van der Waals surface area contributed by atoms with Crippen LogP contribution >= 0.6 is 0 Å². The molecule has 0 saturated heterocycles. The zero-order valence-electron chi connectivity index (χ0n) is 15.9. The third kappa shape index (κ3) is 3.06. The smallest absolute Gasteiger partial charge is 0.204 e. The van der Waals surface area contributed by atoms with Crippen LogP contribution in [0.15, 0.2) is 54.7 Å². The summed E-state index contributed by atoms with van der Waals surface area (Å²) in [5.41, 5.74) is 12.5. The minimum absolute atomic E-state index is 0.473. The number of aryl methyl sites for hydroxylation is 3. The summed E-state index contributed by atoms with van der Waals surface area (Å²) in [6.45, 7) is 2.11. The monoisotopic (exact) mass is 381 g/mol. The van der Waals surface area contributed by atoms with Gasteiger partial charge >= 0.3 is 0 Å². The molecule has 0 aliphatic carbocycles. The van der Waals surface area contributed by atoms with E-state index in [4.69, 9.17) is 5.73 Å². The van der Waals surface area contributed by atoms with E-state index in [-0.39, 0.29) is 0 Å². The number of nitrogens with zero attached hydrogens (tertiary/aromatic N) is 5. The van der Waals surface area contributed by atoms with E-state index in [9.17, 15) is 0 Å². The number of hydrogen-bond donors (Lipinski definition) is 2. The number of benzene rings is 2. The van der Waals surface area contributed by atoms with E-state index in [0.29, 0.717) is 11.6 Å². The van der Waals surface area contributed by atoms with E-state index >= 15 is 0 Å². The Bertz CT molecular complexity index is 1330. The van der Waals surface area contributed by atoms with Gasteiger partial charge in [-0.15, -0.1) is 10.2 Å². The molecule has 3 heterocycles. The Hall–Kier alpha value is -3.87. The van der Waals surface area contributed by atoms with E-state index in [0.717, 1.165) is 40.2 Å². The standard InChI is InChI=1S/C22H19N7/c1-13-12-16(22-26-28-29-27-22)9-7-14(13)6-8-15-10-11-24-20-19(15)17-4-2-3-5-18(17)25-21(20)23/h2-5,7,9-12H,6,8H2,1H3,(H2,23,25)(H,26,27,28,29). The highest BCUT2D eigenvalue weighted by Gasteiger charge is 2.12. The van der Waals surface area contributed by atoms with Crippen LogP contribution < -0.4 is 5.73 Å². The maximum Gasteiger partial charge on any atom is 0.204 e. The van der Waals surface area contributed by atoms with Crippen LogP contribution in [0.5, 0.6) is 0 Å². The van der Waals surface area contributed by atoms with Crippen molar-refractivity contribution in [2.45, 2.75) is 19.8 Å². The van der Waals surface area contributed by atoms with E-state index in [1.54, 1.807) is 0 Å². The molecule has 0 radical (unpaired) electrons. The molecule has 0 amide bonds. The van der Waals surface area contributed by atoms with Crippen LogP contribution in [-0.4, -0.2) is 30.6 Å². The fraction of sp³-hybridized carbons (Fsp3) is 0.136. The molecule has 3 aromatic heterocycles. The van der Waals surface area contributed by atoms with Crippen molar-refractivity contribution < 1.29 is 0 Å². The highest BCUT2D eigenvalue weighted by molar-refractivity contribution is 6.09. The Labute approximate surface area is 167 Å². The summed E-state index contributed by atoms with van der Waals surface area (Å²) in [6, 6.07) is 16.4. The molecule has 0 atom stereocenters. The molecule has 7 nitrogen and oxygen atoms in total. The van der Waals surface area contributed by atoms with Crippen molar-refractivity contribution in [1.29, 1.82) is 0 Å². The quantitative estimate of drug-likeness (QED) is 0.460. The molecule has 2 aromatic carbocycles. The lowest BCUT2D eigenvalue weighted by Gasteiger charge is -2.12. The Morgan fingerprint density at radius 1 is 1.00 bits per heavy atom. The molecular weight excluding hydrogens is 362 g/mol. The van der Waals surface area contributed by atoms with Crippen molar-refractivity contribution in [3.05, 3.63) is 71.4 Å². The van der Waals surface area contributed by atoms with Gasteiger partial charge in [0.1, 0.15) is 5.52 Å². The van der Waals surface area contributed by atoms with Gasteiger partial charge in [0, 0.05) is 22.5 Å². The molecule has 29 heavy (non-hydrogen) atoms. The molecular formula is C22H19N7. The number of pyridine rings is 2. The van der Waals surface area contributed by atoms with Crippen molar-refractivity contribution in [3.8, 4) is 11.4 Å². The number of para-hydroxylation sites is 1. The van der Waals surface area contributed by atoms with Gasteiger partial charge in [0.05, 0.1) is 5.52 Å². The van der Waals surface area contributed by atoms with Gasteiger partial charge in [-0.2, -0.15) is 5.21 Å². The van der Waals surface area contributed by atoms with Gasteiger partial charge in [0.25, 0.3) is 0 Å². The first kappa shape index (κ1) is 17.2. The summed E-state index contributed by atoms with van der Waals surface area (Å²) in [4.78, 5) is 9.00. The Balaban J connectivity index is 1.51. The molecule has 0 aliphatic rings. The normalized spacial score (nSPS) is 11.3. The molecule has 0 spiro atoms. The number of nitrogen functional groups attached to an aromatic ring is 1. The molecule has 0 fully saturated rings. The number of fused-ring (bicyclic) bond motifs is 3. The SMILES string of the molecule is Cc1cc(-c2nn[nH]n2)ccc1CCc1ccnc2c(N)nc3ccccc3c12. The third-order valence-electron chi connectivity index (χ3n) is 5.30. The molecule has 7 heteroatoms. The highest BCUT2D eigenvalue weighted by atomic mass is 15.5. The summed E-state index contributed by atoms with van der Waals surface area (Å²) < 4.78 is 0. The zero-order chi connectivity index (χ0) is 19.8. The van der Waals surface area contributed by atoms with Crippen LogP contribution in [0.1, 0.15) is 16.7 Å². The van der Waals surface area contributed by atoms with Crippen LogP contribution in [0.25, 0.3) is 33.2 Å². The fourth-order valence-electron chi connectivity index (χ4n) is 3.84. The largest absolute Gasteiger partial charge is 0.382 e. The first-order chi connectivity index (χ1) is 14.2. The Kier molecular flexibility index (Phi) is 4.13. The van der Waals surface area contributed by atoms with Gasteiger partial charge in [0.15, 0.2) is 5.82 Å². The number of rotatable bonds is 4. The molecule has 142 valence electrons. The third-order valence-corrected chi connectivity index (χ3v) is 5.30. The van der Waals surface area contributed by atoms with Crippen molar-refractivity contribution >= 4 is 27.6 Å². The summed E-state index contributed by atoms with van der Waals surface area (Å²) >= 11 is 0. The van der Waals surface area contributed by atoms with Gasteiger partial charge in [0.2, 0.25) is 5.82 Å². The molecule has 5 aromatic rings. The number of H-pyrrole nitrogens is 1. The number of aromatic amines is 1. The number of nitrogens with two attached hydrogens (primary N) is 1. The van der Waals surface area contributed by atoms with E-state index < -0.39 is 0 Å². The second-order valence-corrected chi connectivity index (χ2v) is 7.08. The molecule has 0 aliphatic heterocycles. The van der Waals surface area contributed by atoms with Crippen molar-refractivity contribution in [2.75, 3.05) is 5.73 Å². The lowest BCUT2D eigenvalue weighted by molar-refractivity contribution is 0.881. The summed E-state index contributed by atoms with van der Waals surface area (Å²) in [6.07, 6.45) is 3.61. The number of hydrogen-bond acceptors (Lipinski definition) is 6. The van der Waals surface area contributed by atoms with Crippen molar-refractivity contribution in [2.24, 2.45) is 0 Å². The predicted octanol–water partition coefficient (Wildman–Crippen LogP) is 3.64. The second-order valence-electron chi connectivity index (χ2n) is 7.08. The van der Waals surface area contributed by atoms with Crippen molar-refractivity contribution in [1.82, 2.24) is 30.6 Å². The van der Waals surface area contributed by atoms with E-state index in [1.807, 2.05) is 30.5 Å². The molecule has 5 rings (SSSR count). The second kappa shape index (κ2) is 6.94. The van der Waals surface area contributed by atoms with Crippen LogP contribution in [0.3, 0.4) is 0 Å². The summed E-state index contributed by atoms with van der Waals surface area (Å²) in [5.74, 6) is 1.08. The number of nitrogens with one attached hydrogen (secondary N) is 1. The predicted molar refractivity (Wildman–Crippen MR) is 113 cm³/mol. The molecule has 0 saturated carbocycles. The zero-order valence-corrected chi connectivity index (χ0v) is 15.9. The first-order valence-electron chi connectivity index (χ1n) is 9.46. The van der Waals surface area contributed by atoms with Gasteiger partial charge in [-0.1, -0.05) is 30.3 Å². The first-order valence-corrected chi connectivity index (χ1v) is 9.46. The molecule has 0 unspecified atom stereocenters. The minimum Gasteiger partial charge on any atom is -0.382 e. The van der Waals surface area contributed by atoms with Crippen molar-refractivity contribution in [3.63, 3.8) is 0 Å². The van der Waals surface area contributed by atoms with Crippen LogP contribution in [0.2, 0.25) is 0 Å². The number of anilines is 1. The van der Waals surface area contributed by atoms with E-state index in [1.165, 1.54) is 16.7 Å². The Morgan fingerprint density at radius 3 is 2.69 bits per heavy atom. The average molecular weight is 381 g/mol. The fourth-order valence-corrected chi connectivity index (χ4v) is 3.84. The Morgan fingerprint density at radius 2 is 1.86 bits per heavy atom. The van der Waals surface area contributed by atoms with Crippen LogP contribution in [0.4, 0.5) is 5.82 Å². The van der Waals surface area contributed by atoms with Crippen LogP contribution in [0, 0.1) is 6.92 Å². The van der Waals surface area contributed by atoms with Crippen LogP contribution in [-0.2, 0) is 12.8 Å². The van der Waals surface area contributed by atoms with Gasteiger partial charge < -0.3 is 5.73 Å². The molecule has 3 N–H and O–H groups in total. The lowest BCUT2D eigenvalue weighted by atomic mass is 9.96. The van der Waals surface area contributed by atoms with Gasteiger partial charge in [-0.3, -0.25) is 4.98 Å². The highest BCUT2D eigenvalue weighted by Crippen LogP contribution is 2.30. The maximum atomic E-state index is 6.19. The average Bonchev–Trinajstić information content (AvgIpc) is 3.28. The van der Waals surface area contributed by atoms with Gasteiger partial charge in [-0.05, 0) is 59.9 Å². The summed E-state index contributed by atoms with van der Waals surface area (Å²) in [5, 5.41) is 16.4. The van der Waals surface area contributed by atoms with E-state index in [2.05, 4.69) is 61.8 Å². The molecule has 0 bridgehead atoms. The number of aromatic nitrogens is 6. The minimum atomic E-state index is 0.473. The topological polar surface area (TPSA) is 106 Å². The summed E-state index contributed by atoms with van der Waals surface area (Å²) in [7, 11) is 0. The van der Waals surface area contributed by atoms with Gasteiger partial charge in [-0.25, -0.2) is 4.98 Å².